The molecule has 124 valence electrons. The van der Waals surface area contributed by atoms with Gasteiger partial charge in [0.1, 0.15) is 0 Å². The molecule has 2 aromatic carbocycles. The Hall–Kier alpha value is -2.24. The van der Waals surface area contributed by atoms with Crippen LogP contribution in [0, 0.1) is 13.8 Å². The Morgan fingerprint density at radius 2 is 1.92 bits per heavy atom. The molecule has 3 rings (SSSR count). The molecule has 4 nitrogen and oxygen atoms in total. The zero-order valence-electron chi connectivity index (χ0n) is 14.1. The van der Waals surface area contributed by atoms with Crippen LogP contribution in [0.5, 0.6) is 0 Å². The molecule has 5 heteroatoms. The molecule has 0 atom stereocenters. The van der Waals surface area contributed by atoms with Gasteiger partial charge >= 0.3 is 0 Å². The minimum atomic E-state index is -0.217. The maximum absolute atomic E-state index is 12.5. The molecule has 1 aromatic heterocycles. The Bertz CT molecular complexity index is 936. The number of amides is 1. The van der Waals surface area contributed by atoms with E-state index in [0.29, 0.717) is 23.5 Å². The van der Waals surface area contributed by atoms with E-state index >= 15 is 0 Å². The maximum Gasteiger partial charge on any atom is 0.279 e. The summed E-state index contributed by atoms with van der Waals surface area (Å²) in [7, 11) is 1.68. The number of hydrogen-bond acceptors (Lipinski definition) is 3. The smallest absolute Gasteiger partial charge is 0.279 e. The number of carbonyl (C=O) groups is 1. The van der Waals surface area contributed by atoms with Gasteiger partial charge in [0.2, 0.25) is 0 Å². The third kappa shape index (κ3) is 3.32. The van der Waals surface area contributed by atoms with Gasteiger partial charge in [-0.1, -0.05) is 41.2 Å². The Labute approximate surface area is 145 Å². The maximum atomic E-state index is 12.5. The number of aromatic nitrogens is 1. The monoisotopic (exact) mass is 340 g/mol. The number of benzene rings is 2. The van der Waals surface area contributed by atoms with Gasteiger partial charge in [-0.05, 0) is 37.6 Å². The SMILES string of the molecule is COCCn1c(=NC(=O)c2ccc(C)cc2)sc2cccc(C)c21. The van der Waals surface area contributed by atoms with Crippen LogP contribution in [0.25, 0.3) is 10.2 Å². The second-order valence-electron chi connectivity index (χ2n) is 5.73. The summed E-state index contributed by atoms with van der Waals surface area (Å²) in [5, 5.41) is 0. The zero-order valence-corrected chi connectivity index (χ0v) is 14.9. The van der Waals surface area contributed by atoms with Gasteiger partial charge in [-0.15, -0.1) is 0 Å². The van der Waals surface area contributed by atoms with Crippen molar-refractivity contribution in [3.63, 3.8) is 0 Å². The number of rotatable bonds is 4. The highest BCUT2D eigenvalue weighted by atomic mass is 32.1. The standard InChI is InChI=1S/C19H20N2O2S/c1-13-7-9-15(10-8-13)18(22)20-19-21(11-12-23-3)17-14(2)5-4-6-16(17)24-19/h4-10H,11-12H2,1-3H3. The van der Waals surface area contributed by atoms with Crippen molar-refractivity contribution in [2.75, 3.05) is 13.7 Å². The lowest BCUT2D eigenvalue weighted by Crippen LogP contribution is -2.19. The third-order valence-electron chi connectivity index (χ3n) is 3.92. The number of fused-ring (bicyclic) bond motifs is 1. The van der Waals surface area contributed by atoms with E-state index < -0.39 is 0 Å². The summed E-state index contributed by atoms with van der Waals surface area (Å²) in [5.74, 6) is -0.217. The second-order valence-corrected chi connectivity index (χ2v) is 6.74. The van der Waals surface area contributed by atoms with Gasteiger partial charge in [0, 0.05) is 19.2 Å². The summed E-state index contributed by atoms with van der Waals surface area (Å²) < 4.78 is 8.42. The third-order valence-corrected chi connectivity index (χ3v) is 4.96. The summed E-state index contributed by atoms with van der Waals surface area (Å²) in [6.45, 7) is 5.32. The van der Waals surface area contributed by atoms with Crippen molar-refractivity contribution in [1.82, 2.24) is 4.57 Å². The predicted octanol–water partition coefficient (Wildman–Crippen LogP) is 3.71. The van der Waals surface area contributed by atoms with E-state index in [4.69, 9.17) is 4.74 Å². The fourth-order valence-electron chi connectivity index (χ4n) is 2.63. The first-order valence-electron chi connectivity index (χ1n) is 7.84. The minimum Gasteiger partial charge on any atom is -0.383 e. The first kappa shape index (κ1) is 16.6. The highest BCUT2D eigenvalue weighted by Gasteiger charge is 2.10. The van der Waals surface area contributed by atoms with Gasteiger partial charge in [-0.3, -0.25) is 4.79 Å². The Balaban J connectivity index is 2.12. The molecular formula is C19H20N2O2S. The summed E-state index contributed by atoms with van der Waals surface area (Å²) >= 11 is 1.53. The van der Waals surface area contributed by atoms with Gasteiger partial charge in [-0.2, -0.15) is 4.99 Å². The van der Waals surface area contributed by atoms with E-state index in [-0.39, 0.29) is 5.91 Å². The van der Waals surface area contributed by atoms with Crippen molar-refractivity contribution in [2.45, 2.75) is 20.4 Å². The van der Waals surface area contributed by atoms with Crippen LogP contribution >= 0.6 is 11.3 Å². The molecule has 1 amide bonds. The lowest BCUT2D eigenvalue weighted by molar-refractivity contribution is 0.0997. The van der Waals surface area contributed by atoms with E-state index in [1.54, 1.807) is 7.11 Å². The topological polar surface area (TPSA) is 43.6 Å². The van der Waals surface area contributed by atoms with E-state index in [9.17, 15) is 4.79 Å². The fraction of sp³-hybridized carbons (Fsp3) is 0.263. The van der Waals surface area contributed by atoms with E-state index in [1.165, 1.54) is 16.9 Å². The lowest BCUT2D eigenvalue weighted by atomic mass is 10.1. The summed E-state index contributed by atoms with van der Waals surface area (Å²) in [5.41, 5.74) is 4.02. The van der Waals surface area contributed by atoms with E-state index in [2.05, 4.69) is 28.6 Å². The van der Waals surface area contributed by atoms with Crippen LogP contribution in [0.3, 0.4) is 0 Å². The van der Waals surface area contributed by atoms with Gasteiger partial charge in [0.15, 0.2) is 4.80 Å². The first-order valence-corrected chi connectivity index (χ1v) is 8.65. The number of ether oxygens (including phenoxy) is 1. The Morgan fingerprint density at radius 3 is 2.62 bits per heavy atom. The highest BCUT2D eigenvalue weighted by molar-refractivity contribution is 7.16. The average molecular weight is 340 g/mol. The number of methoxy groups -OCH3 is 1. The van der Waals surface area contributed by atoms with Gasteiger partial charge in [0.25, 0.3) is 5.91 Å². The van der Waals surface area contributed by atoms with Gasteiger partial charge < -0.3 is 9.30 Å². The number of thiazole rings is 1. The zero-order chi connectivity index (χ0) is 17.1. The van der Waals surface area contributed by atoms with Crippen molar-refractivity contribution >= 4 is 27.5 Å². The molecule has 0 bridgehead atoms. The molecule has 0 radical (unpaired) electrons. The summed E-state index contributed by atoms with van der Waals surface area (Å²) in [4.78, 5) is 17.6. The number of aryl methyl sites for hydroxylation is 2. The number of carbonyl (C=O) groups excluding carboxylic acids is 1. The number of para-hydroxylation sites is 1. The molecular weight excluding hydrogens is 320 g/mol. The molecule has 0 fully saturated rings. The second kappa shape index (κ2) is 7.11. The molecule has 0 aliphatic rings. The summed E-state index contributed by atoms with van der Waals surface area (Å²) in [6.07, 6.45) is 0. The predicted molar refractivity (Wildman–Crippen MR) is 97.5 cm³/mol. The van der Waals surface area contributed by atoms with Crippen LogP contribution in [-0.2, 0) is 11.3 Å². The number of nitrogens with zero attached hydrogens (tertiary/aromatic N) is 2. The minimum absolute atomic E-state index is 0.217. The van der Waals surface area contributed by atoms with Crippen molar-refractivity contribution in [1.29, 1.82) is 0 Å². The lowest BCUT2D eigenvalue weighted by Gasteiger charge is -2.06. The van der Waals surface area contributed by atoms with Crippen molar-refractivity contribution in [2.24, 2.45) is 4.99 Å². The van der Waals surface area contributed by atoms with Crippen LogP contribution < -0.4 is 4.80 Å². The molecule has 0 aliphatic heterocycles. The largest absolute Gasteiger partial charge is 0.383 e. The molecule has 0 spiro atoms. The van der Waals surface area contributed by atoms with Crippen LogP contribution in [0.4, 0.5) is 0 Å². The van der Waals surface area contributed by atoms with Crippen LogP contribution in [0.2, 0.25) is 0 Å². The van der Waals surface area contributed by atoms with Crippen LogP contribution in [0.1, 0.15) is 21.5 Å². The van der Waals surface area contributed by atoms with Crippen LogP contribution in [-0.4, -0.2) is 24.2 Å². The van der Waals surface area contributed by atoms with E-state index in [0.717, 1.165) is 15.8 Å². The Morgan fingerprint density at radius 1 is 1.17 bits per heavy atom. The molecule has 0 saturated carbocycles. The molecule has 24 heavy (non-hydrogen) atoms. The number of hydrogen-bond donors (Lipinski definition) is 0. The van der Waals surface area contributed by atoms with Crippen molar-refractivity contribution in [3.8, 4) is 0 Å². The molecule has 0 unspecified atom stereocenters. The van der Waals surface area contributed by atoms with E-state index in [1.807, 2.05) is 37.3 Å². The average Bonchev–Trinajstić information content (AvgIpc) is 2.92. The molecule has 0 N–H and O–H groups in total. The molecule has 1 heterocycles. The molecule has 0 saturated heterocycles. The fourth-order valence-corrected chi connectivity index (χ4v) is 3.76. The summed E-state index contributed by atoms with van der Waals surface area (Å²) in [6, 6.07) is 13.7. The molecule has 3 aromatic rings. The Kier molecular flexibility index (Phi) is 4.92. The van der Waals surface area contributed by atoms with Gasteiger partial charge in [-0.25, -0.2) is 0 Å². The quantitative estimate of drug-likeness (QED) is 0.727. The molecule has 0 aliphatic carbocycles. The van der Waals surface area contributed by atoms with Crippen molar-refractivity contribution < 1.29 is 9.53 Å². The highest BCUT2D eigenvalue weighted by Crippen LogP contribution is 2.21. The van der Waals surface area contributed by atoms with Crippen LogP contribution in [0.15, 0.2) is 47.5 Å². The normalized spacial score (nSPS) is 12.0. The first-order chi connectivity index (χ1) is 11.6. The van der Waals surface area contributed by atoms with Crippen molar-refractivity contribution in [3.05, 3.63) is 64.0 Å². The van der Waals surface area contributed by atoms with Gasteiger partial charge in [0.05, 0.1) is 16.8 Å².